The number of ketones is 1. The van der Waals surface area contributed by atoms with Crippen LogP contribution in [0.1, 0.15) is 33.2 Å². The lowest BCUT2D eigenvalue weighted by atomic mass is 9.98. The Morgan fingerprint density at radius 1 is 1.33 bits per heavy atom. The van der Waals surface area contributed by atoms with Crippen LogP contribution in [0.3, 0.4) is 0 Å². The van der Waals surface area contributed by atoms with Gasteiger partial charge in [0.25, 0.3) is 0 Å². The van der Waals surface area contributed by atoms with Crippen molar-refractivity contribution in [3.8, 4) is 11.5 Å². The summed E-state index contributed by atoms with van der Waals surface area (Å²) in [5.74, 6) is -1.70. The maximum Gasteiger partial charge on any atom is 0.335 e. The molecule has 0 saturated heterocycles. The first-order valence-electron chi connectivity index (χ1n) is 8.35. The van der Waals surface area contributed by atoms with Crippen LogP contribution in [0, 0.1) is 6.92 Å². The SMILES string of the molecule is CCO[C@@H]1Oc2ccc(C)cc2C(=O)C1=CNc1ccc(C(=O)O)c([O-])c1. The number of aromatic carboxylic acids is 1. The number of hydrogen-bond acceptors (Lipinski definition) is 6. The molecule has 0 amide bonds. The molecule has 3 rings (SSSR count). The van der Waals surface area contributed by atoms with Crippen molar-refractivity contribution in [2.75, 3.05) is 11.9 Å². The third-order valence-electron chi connectivity index (χ3n) is 4.05. The van der Waals surface area contributed by atoms with Crippen molar-refractivity contribution < 1.29 is 29.3 Å². The highest BCUT2D eigenvalue weighted by Crippen LogP contribution is 2.32. The molecule has 0 aromatic heterocycles. The van der Waals surface area contributed by atoms with Crippen LogP contribution < -0.4 is 15.2 Å². The molecule has 1 atom stereocenters. The molecule has 0 unspecified atom stereocenters. The van der Waals surface area contributed by atoms with Crippen LogP contribution in [-0.2, 0) is 4.74 Å². The number of carboxylic acids is 1. The average Bonchev–Trinajstić information content (AvgIpc) is 2.62. The van der Waals surface area contributed by atoms with Gasteiger partial charge in [-0.3, -0.25) is 4.79 Å². The summed E-state index contributed by atoms with van der Waals surface area (Å²) in [7, 11) is 0. The number of fused-ring (bicyclic) bond motifs is 1. The van der Waals surface area contributed by atoms with Gasteiger partial charge in [0.2, 0.25) is 6.29 Å². The van der Waals surface area contributed by atoms with Gasteiger partial charge in [0.05, 0.1) is 16.7 Å². The molecule has 1 aliphatic rings. The van der Waals surface area contributed by atoms with Crippen molar-refractivity contribution in [2.45, 2.75) is 20.1 Å². The van der Waals surface area contributed by atoms with E-state index in [4.69, 9.17) is 14.6 Å². The van der Waals surface area contributed by atoms with E-state index in [1.165, 1.54) is 18.3 Å². The van der Waals surface area contributed by atoms with Gasteiger partial charge in [-0.25, -0.2) is 4.79 Å². The number of carbonyl (C=O) groups excluding carboxylic acids is 1. The van der Waals surface area contributed by atoms with Crippen LogP contribution in [-0.4, -0.2) is 29.8 Å². The van der Waals surface area contributed by atoms with Gasteiger partial charge in [-0.15, -0.1) is 0 Å². The maximum atomic E-state index is 12.9. The zero-order chi connectivity index (χ0) is 19.6. The number of carboxylic acid groups (broad SMARTS) is 1. The first-order chi connectivity index (χ1) is 12.9. The Labute approximate surface area is 155 Å². The van der Waals surface area contributed by atoms with E-state index in [-0.39, 0.29) is 16.9 Å². The minimum absolute atomic E-state index is 0.240. The van der Waals surface area contributed by atoms with Crippen LogP contribution >= 0.6 is 0 Å². The van der Waals surface area contributed by atoms with E-state index < -0.39 is 18.0 Å². The molecule has 27 heavy (non-hydrogen) atoms. The van der Waals surface area contributed by atoms with Gasteiger partial charge in [0.1, 0.15) is 5.75 Å². The van der Waals surface area contributed by atoms with Crippen molar-refractivity contribution in [2.24, 2.45) is 0 Å². The summed E-state index contributed by atoms with van der Waals surface area (Å²) in [6, 6.07) is 9.13. The molecule has 2 aromatic rings. The zero-order valence-electron chi connectivity index (χ0n) is 14.8. The van der Waals surface area contributed by atoms with Crippen LogP contribution in [0.25, 0.3) is 0 Å². The maximum absolute atomic E-state index is 12.9. The topological polar surface area (TPSA) is 108 Å². The summed E-state index contributed by atoms with van der Waals surface area (Å²) >= 11 is 0. The van der Waals surface area contributed by atoms with E-state index in [0.717, 1.165) is 11.6 Å². The van der Waals surface area contributed by atoms with E-state index in [0.29, 0.717) is 23.6 Å². The van der Waals surface area contributed by atoms with E-state index in [9.17, 15) is 14.7 Å². The van der Waals surface area contributed by atoms with Crippen molar-refractivity contribution >= 4 is 17.4 Å². The molecule has 7 nitrogen and oxygen atoms in total. The summed E-state index contributed by atoms with van der Waals surface area (Å²) in [4.78, 5) is 23.8. The predicted octanol–water partition coefficient (Wildman–Crippen LogP) is 2.70. The molecular formula is C20H18NO6-. The highest BCUT2D eigenvalue weighted by Gasteiger charge is 2.32. The molecule has 2 N–H and O–H groups in total. The second kappa shape index (κ2) is 7.51. The fraction of sp³-hybridized carbons (Fsp3) is 0.200. The third-order valence-corrected chi connectivity index (χ3v) is 4.05. The molecule has 0 aliphatic carbocycles. The lowest BCUT2D eigenvalue weighted by Gasteiger charge is -2.27. The summed E-state index contributed by atoms with van der Waals surface area (Å²) < 4.78 is 11.3. The number of carbonyl (C=O) groups is 2. The minimum Gasteiger partial charge on any atom is -0.872 e. The van der Waals surface area contributed by atoms with E-state index in [1.807, 2.05) is 13.0 Å². The van der Waals surface area contributed by atoms with Gasteiger partial charge in [-0.1, -0.05) is 17.4 Å². The average molecular weight is 368 g/mol. The quantitative estimate of drug-likeness (QED) is 0.781. The molecule has 7 heteroatoms. The normalized spacial score (nSPS) is 17.3. The molecule has 0 bridgehead atoms. The number of ether oxygens (including phenoxy) is 2. The lowest BCUT2D eigenvalue weighted by Crippen LogP contribution is -2.33. The molecule has 0 spiro atoms. The fourth-order valence-corrected chi connectivity index (χ4v) is 2.72. The largest absolute Gasteiger partial charge is 0.872 e. The van der Waals surface area contributed by atoms with Crippen LogP contribution in [0.15, 0.2) is 48.2 Å². The molecule has 1 aliphatic heterocycles. The summed E-state index contributed by atoms with van der Waals surface area (Å²) in [6.07, 6.45) is 0.540. The van der Waals surface area contributed by atoms with E-state index in [1.54, 1.807) is 19.1 Å². The van der Waals surface area contributed by atoms with Crippen molar-refractivity contribution in [1.82, 2.24) is 0 Å². The summed E-state index contributed by atoms with van der Waals surface area (Å²) in [6.45, 7) is 4.01. The molecule has 0 radical (unpaired) electrons. The molecule has 0 fully saturated rings. The smallest absolute Gasteiger partial charge is 0.335 e. The number of hydrogen-bond donors (Lipinski definition) is 2. The highest BCUT2D eigenvalue weighted by atomic mass is 16.7. The second-order valence-electron chi connectivity index (χ2n) is 5.99. The first kappa shape index (κ1) is 18.5. The van der Waals surface area contributed by atoms with Gasteiger partial charge >= 0.3 is 5.97 Å². The Morgan fingerprint density at radius 2 is 2.11 bits per heavy atom. The van der Waals surface area contributed by atoms with Crippen molar-refractivity contribution in [3.05, 3.63) is 64.9 Å². The van der Waals surface area contributed by atoms with Crippen molar-refractivity contribution in [3.63, 3.8) is 0 Å². The number of aryl methyl sites for hydroxylation is 1. The fourth-order valence-electron chi connectivity index (χ4n) is 2.72. The molecule has 1 heterocycles. The van der Waals surface area contributed by atoms with Gasteiger partial charge in [0, 0.05) is 18.5 Å². The van der Waals surface area contributed by atoms with Crippen molar-refractivity contribution in [1.29, 1.82) is 0 Å². The molecule has 140 valence electrons. The van der Waals surface area contributed by atoms with Gasteiger partial charge in [-0.05, 0) is 44.2 Å². The van der Waals surface area contributed by atoms with Crippen LogP contribution in [0.5, 0.6) is 11.5 Å². The van der Waals surface area contributed by atoms with E-state index >= 15 is 0 Å². The number of Topliss-reactive ketones (excluding diaryl/α,β-unsaturated/α-hetero) is 1. The van der Waals surface area contributed by atoms with Gasteiger partial charge in [-0.2, -0.15) is 0 Å². The van der Waals surface area contributed by atoms with Crippen LogP contribution in [0.2, 0.25) is 0 Å². The Bertz CT molecular complexity index is 934. The Hall–Kier alpha value is -3.32. The Kier molecular flexibility index (Phi) is 5.14. The van der Waals surface area contributed by atoms with Crippen LogP contribution in [0.4, 0.5) is 5.69 Å². The third kappa shape index (κ3) is 3.78. The number of rotatable bonds is 5. The molecule has 2 aromatic carbocycles. The number of nitrogens with one attached hydrogen (secondary N) is 1. The van der Waals surface area contributed by atoms with Gasteiger partial charge < -0.3 is 25.0 Å². The molecule has 0 saturated carbocycles. The Balaban J connectivity index is 1.91. The van der Waals surface area contributed by atoms with Gasteiger partial charge in [0.15, 0.2) is 5.78 Å². The number of anilines is 1. The highest BCUT2D eigenvalue weighted by molar-refractivity contribution is 6.12. The predicted molar refractivity (Wildman–Crippen MR) is 96.1 cm³/mol. The first-order valence-corrected chi connectivity index (χ1v) is 8.35. The van der Waals surface area contributed by atoms with E-state index in [2.05, 4.69) is 5.32 Å². The lowest BCUT2D eigenvalue weighted by molar-refractivity contribution is -0.268. The Morgan fingerprint density at radius 3 is 2.78 bits per heavy atom. The summed E-state index contributed by atoms with van der Waals surface area (Å²) in [5, 5.41) is 23.6. The minimum atomic E-state index is -1.29. The number of benzene rings is 2. The monoisotopic (exact) mass is 368 g/mol. The standard InChI is InChI=1S/C20H19NO6/c1-3-26-20-15(18(23)14-8-11(2)4-7-17(14)27-20)10-21-12-5-6-13(19(24)25)16(22)9-12/h4-10,20-22H,3H2,1-2H3,(H,24,25)/p-1/t20-/m1/s1. The molecular weight excluding hydrogens is 350 g/mol. The summed E-state index contributed by atoms with van der Waals surface area (Å²) in [5.41, 5.74) is 1.65. The second-order valence-corrected chi connectivity index (χ2v) is 5.99. The zero-order valence-corrected chi connectivity index (χ0v) is 14.8.